The molecule has 128 valence electrons. The zero-order valence-corrected chi connectivity index (χ0v) is 15.6. The second kappa shape index (κ2) is 9.50. The summed E-state index contributed by atoms with van der Waals surface area (Å²) in [7, 11) is 0. The van der Waals surface area contributed by atoms with Crippen LogP contribution < -0.4 is 15.4 Å². The summed E-state index contributed by atoms with van der Waals surface area (Å²) in [4.78, 5) is 0. The normalized spacial score (nSPS) is 10.5. The molecule has 0 aromatic heterocycles. The summed E-state index contributed by atoms with van der Waals surface area (Å²) in [5, 5.41) is 7.82. The predicted molar refractivity (Wildman–Crippen MR) is 106 cm³/mol. The molecule has 2 rings (SSSR count). The van der Waals surface area contributed by atoms with Crippen LogP contribution in [0.4, 0.5) is 5.69 Å². The summed E-state index contributed by atoms with van der Waals surface area (Å²) in [6.07, 6.45) is 2.06. The van der Waals surface area contributed by atoms with Crippen molar-refractivity contribution >= 4 is 34.6 Å². The first kappa shape index (κ1) is 18.6. The Hall–Kier alpha value is -1.78. The first-order valence-electron chi connectivity index (χ1n) is 8.09. The third kappa shape index (κ3) is 6.38. The number of aryl methyl sites for hydroxylation is 1. The van der Waals surface area contributed by atoms with Crippen molar-refractivity contribution in [1.82, 2.24) is 5.32 Å². The zero-order chi connectivity index (χ0) is 17.4. The topological polar surface area (TPSA) is 33.3 Å². The number of anilines is 1. The maximum Gasteiger partial charge on any atom is 0.170 e. The molecule has 0 heterocycles. The van der Waals surface area contributed by atoms with Gasteiger partial charge in [0.1, 0.15) is 5.75 Å². The fourth-order valence-corrected chi connectivity index (χ4v) is 2.70. The van der Waals surface area contributed by atoms with E-state index in [-0.39, 0.29) is 6.10 Å². The number of nitrogens with one attached hydrogen (secondary N) is 2. The van der Waals surface area contributed by atoms with Crippen molar-refractivity contribution in [2.75, 3.05) is 11.9 Å². The number of hydrogen-bond donors (Lipinski definition) is 2. The van der Waals surface area contributed by atoms with Crippen molar-refractivity contribution in [3.8, 4) is 5.75 Å². The van der Waals surface area contributed by atoms with Crippen molar-refractivity contribution in [2.45, 2.75) is 32.8 Å². The molecule has 0 unspecified atom stereocenters. The summed E-state index contributed by atoms with van der Waals surface area (Å²) in [6, 6.07) is 15.7. The lowest BCUT2D eigenvalue weighted by molar-refractivity contribution is 0.242. The van der Waals surface area contributed by atoms with Crippen LogP contribution in [0, 0.1) is 0 Å². The third-order valence-corrected chi connectivity index (χ3v) is 3.97. The average molecular weight is 363 g/mol. The highest BCUT2D eigenvalue weighted by Crippen LogP contribution is 2.17. The third-order valence-electron chi connectivity index (χ3n) is 3.35. The lowest BCUT2D eigenvalue weighted by Crippen LogP contribution is -2.29. The van der Waals surface area contributed by atoms with Crippen LogP contribution in [0.25, 0.3) is 0 Å². The molecule has 24 heavy (non-hydrogen) atoms. The summed E-state index contributed by atoms with van der Waals surface area (Å²) in [5.41, 5.74) is 2.11. The number of hydrogen-bond acceptors (Lipinski definition) is 2. The fraction of sp³-hybridized carbons (Fsp3) is 0.316. The quantitative estimate of drug-likeness (QED) is 0.533. The maximum atomic E-state index is 6.15. The molecule has 0 saturated heterocycles. The van der Waals surface area contributed by atoms with E-state index in [9.17, 15) is 0 Å². The Kier molecular flexibility index (Phi) is 7.35. The van der Waals surface area contributed by atoms with Crippen LogP contribution >= 0.6 is 23.8 Å². The van der Waals surface area contributed by atoms with Gasteiger partial charge in [-0.15, -0.1) is 0 Å². The van der Waals surface area contributed by atoms with Crippen LogP contribution in [-0.4, -0.2) is 17.8 Å². The Balaban J connectivity index is 1.70. The molecule has 5 heteroatoms. The van der Waals surface area contributed by atoms with Gasteiger partial charge in [0.05, 0.1) is 6.10 Å². The molecular formula is C19H23ClN2OS. The fourth-order valence-electron chi connectivity index (χ4n) is 2.25. The molecule has 2 aromatic carbocycles. The molecule has 0 bridgehead atoms. The Morgan fingerprint density at radius 2 is 1.83 bits per heavy atom. The Morgan fingerprint density at radius 3 is 2.50 bits per heavy atom. The summed E-state index contributed by atoms with van der Waals surface area (Å²) < 4.78 is 5.62. The molecule has 0 amide bonds. The van der Waals surface area contributed by atoms with Crippen LogP contribution in [0.5, 0.6) is 5.75 Å². The first-order valence-corrected chi connectivity index (χ1v) is 8.88. The molecule has 2 aromatic rings. The molecule has 0 aliphatic heterocycles. The maximum absolute atomic E-state index is 6.15. The lowest BCUT2D eigenvalue weighted by Gasteiger charge is -2.12. The monoisotopic (exact) mass is 362 g/mol. The van der Waals surface area contributed by atoms with E-state index in [1.807, 2.05) is 56.3 Å². The Labute approximate surface area is 154 Å². The molecule has 3 nitrogen and oxygen atoms in total. The molecule has 0 radical (unpaired) electrons. The predicted octanol–water partition coefficient (Wildman–Crippen LogP) is 5.05. The lowest BCUT2D eigenvalue weighted by atomic mass is 10.1. The summed E-state index contributed by atoms with van der Waals surface area (Å²) in [6.45, 7) is 4.81. The average Bonchev–Trinajstić information content (AvgIpc) is 2.54. The second-order valence-corrected chi connectivity index (χ2v) is 6.58. The molecule has 0 saturated carbocycles. The number of thiocarbonyl (C=S) groups is 1. The van der Waals surface area contributed by atoms with Crippen LogP contribution in [0.2, 0.25) is 5.02 Å². The minimum atomic E-state index is 0.171. The SMILES string of the molecule is CC(C)Oc1ccc(NC(=S)NCCCc2ccccc2Cl)cc1. The van der Waals surface area contributed by atoms with E-state index in [4.69, 9.17) is 28.6 Å². The van der Waals surface area contributed by atoms with E-state index < -0.39 is 0 Å². The van der Waals surface area contributed by atoms with Crippen molar-refractivity contribution in [3.63, 3.8) is 0 Å². The van der Waals surface area contributed by atoms with Gasteiger partial charge in [0.15, 0.2) is 5.11 Å². The molecule has 0 aliphatic rings. The molecular weight excluding hydrogens is 340 g/mol. The van der Waals surface area contributed by atoms with Gasteiger partial charge in [-0.3, -0.25) is 0 Å². The molecule has 0 atom stereocenters. The van der Waals surface area contributed by atoms with Crippen LogP contribution in [0.1, 0.15) is 25.8 Å². The van der Waals surface area contributed by atoms with Crippen molar-refractivity contribution < 1.29 is 4.74 Å². The summed E-state index contributed by atoms with van der Waals surface area (Å²) >= 11 is 11.5. The van der Waals surface area contributed by atoms with E-state index in [1.165, 1.54) is 5.56 Å². The standard InChI is InChI=1S/C19H23ClN2OS/c1-14(2)23-17-11-9-16(10-12-17)22-19(24)21-13-5-7-15-6-3-4-8-18(15)20/h3-4,6,8-12,14H,5,7,13H2,1-2H3,(H2,21,22,24). The highest BCUT2D eigenvalue weighted by atomic mass is 35.5. The summed E-state index contributed by atoms with van der Waals surface area (Å²) in [5.74, 6) is 0.856. The van der Waals surface area contributed by atoms with Gasteiger partial charge in [0.25, 0.3) is 0 Å². The molecule has 0 spiro atoms. The minimum Gasteiger partial charge on any atom is -0.491 e. The van der Waals surface area contributed by atoms with E-state index in [1.54, 1.807) is 0 Å². The van der Waals surface area contributed by atoms with Crippen molar-refractivity contribution in [3.05, 3.63) is 59.1 Å². The smallest absolute Gasteiger partial charge is 0.170 e. The van der Waals surface area contributed by atoms with E-state index in [0.29, 0.717) is 5.11 Å². The van der Waals surface area contributed by atoms with Gasteiger partial charge in [0.2, 0.25) is 0 Å². The van der Waals surface area contributed by atoms with Crippen molar-refractivity contribution in [2.24, 2.45) is 0 Å². The van der Waals surface area contributed by atoms with Gasteiger partial charge in [0, 0.05) is 17.3 Å². The molecule has 0 fully saturated rings. The first-order chi connectivity index (χ1) is 11.5. The van der Waals surface area contributed by atoms with Gasteiger partial charge >= 0.3 is 0 Å². The molecule has 0 aliphatic carbocycles. The Morgan fingerprint density at radius 1 is 1.12 bits per heavy atom. The van der Waals surface area contributed by atoms with Gasteiger partial charge in [-0.25, -0.2) is 0 Å². The minimum absolute atomic E-state index is 0.171. The van der Waals surface area contributed by atoms with Crippen LogP contribution in [-0.2, 0) is 6.42 Å². The van der Waals surface area contributed by atoms with E-state index in [2.05, 4.69) is 16.7 Å². The number of halogens is 1. The van der Waals surface area contributed by atoms with E-state index in [0.717, 1.165) is 35.8 Å². The Bertz CT molecular complexity index is 659. The second-order valence-electron chi connectivity index (χ2n) is 5.77. The van der Waals surface area contributed by atoms with Crippen LogP contribution in [0.15, 0.2) is 48.5 Å². The van der Waals surface area contributed by atoms with Crippen LogP contribution in [0.3, 0.4) is 0 Å². The number of rotatable bonds is 7. The largest absolute Gasteiger partial charge is 0.491 e. The number of ether oxygens (including phenoxy) is 1. The number of benzene rings is 2. The zero-order valence-electron chi connectivity index (χ0n) is 14.0. The van der Waals surface area contributed by atoms with E-state index >= 15 is 0 Å². The van der Waals surface area contributed by atoms with Gasteiger partial charge in [-0.1, -0.05) is 29.8 Å². The van der Waals surface area contributed by atoms with Gasteiger partial charge < -0.3 is 15.4 Å². The highest BCUT2D eigenvalue weighted by Gasteiger charge is 2.01. The van der Waals surface area contributed by atoms with Crippen molar-refractivity contribution in [1.29, 1.82) is 0 Å². The van der Waals surface area contributed by atoms with Gasteiger partial charge in [-0.05, 0) is 74.8 Å². The van der Waals surface area contributed by atoms with Gasteiger partial charge in [-0.2, -0.15) is 0 Å². The highest BCUT2D eigenvalue weighted by molar-refractivity contribution is 7.80. The molecule has 2 N–H and O–H groups in total.